The molecule has 74 valence electrons. The molecule has 3 unspecified atom stereocenters. The molecular weight excluding hydrogens is 162 g/mol. The summed E-state index contributed by atoms with van der Waals surface area (Å²) >= 11 is 0. The number of nitrogens with zero attached hydrogens (tertiary/aromatic N) is 1. The van der Waals surface area contributed by atoms with Crippen molar-refractivity contribution in [1.29, 1.82) is 5.26 Å². The molecule has 1 saturated carbocycles. The second-order valence-corrected chi connectivity index (χ2v) is 5.17. The van der Waals surface area contributed by atoms with E-state index < -0.39 is 0 Å². The van der Waals surface area contributed by atoms with Crippen LogP contribution in [0.5, 0.6) is 0 Å². The van der Waals surface area contributed by atoms with Crippen LogP contribution in [0.4, 0.5) is 0 Å². The molecule has 2 heteroatoms. The molecule has 1 aliphatic rings. The van der Waals surface area contributed by atoms with E-state index in [0.717, 1.165) is 19.3 Å². The van der Waals surface area contributed by atoms with Gasteiger partial charge in [-0.3, -0.25) is 0 Å². The van der Waals surface area contributed by atoms with Gasteiger partial charge in [0.25, 0.3) is 0 Å². The third-order valence-corrected chi connectivity index (χ3v) is 3.10. The minimum atomic E-state index is -0.186. The van der Waals surface area contributed by atoms with E-state index in [4.69, 9.17) is 5.26 Å². The van der Waals surface area contributed by atoms with E-state index in [1.807, 2.05) is 0 Å². The van der Waals surface area contributed by atoms with E-state index in [9.17, 15) is 5.11 Å². The van der Waals surface area contributed by atoms with Crippen molar-refractivity contribution in [1.82, 2.24) is 0 Å². The van der Waals surface area contributed by atoms with Crippen molar-refractivity contribution in [2.24, 2.45) is 17.3 Å². The number of aliphatic hydroxyl groups is 1. The summed E-state index contributed by atoms with van der Waals surface area (Å²) in [6.45, 7) is 6.46. The summed E-state index contributed by atoms with van der Waals surface area (Å²) in [5, 5.41) is 18.5. The Kier molecular flexibility index (Phi) is 2.98. The molecule has 0 bridgehead atoms. The van der Waals surface area contributed by atoms with Crippen LogP contribution in [0, 0.1) is 28.6 Å². The standard InChI is InChI=1S/C11H19NO/c1-11(2,3)10-6-9(13)5-4-8(10)7-12/h8-10,13H,4-6H2,1-3H3. The van der Waals surface area contributed by atoms with Crippen molar-refractivity contribution in [3.05, 3.63) is 0 Å². The van der Waals surface area contributed by atoms with Crippen LogP contribution in [0.1, 0.15) is 40.0 Å². The number of nitriles is 1. The lowest BCUT2D eigenvalue weighted by Gasteiger charge is -2.39. The second kappa shape index (κ2) is 3.67. The normalized spacial score (nSPS) is 35.5. The topological polar surface area (TPSA) is 44.0 Å². The van der Waals surface area contributed by atoms with Crippen molar-refractivity contribution in [3.63, 3.8) is 0 Å². The van der Waals surface area contributed by atoms with Crippen molar-refractivity contribution < 1.29 is 5.11 Å². The van der Waals surface area contributed by atoms with E-state index >= 15 is 0 Å². The Hall–Kier alpha value is -0.550. The third kappa shape index (κ3) is 2.45. The molecule has 3 atom stereocenters. The summed E-state index contributed by atoms with van der Waals surface area (Å²) in [6.07, 6.45) is 2.26. The van der Waals surface area contributed by atoms with Crippen LogP contribution >= 0.6 is 0 Å². The predicted molar refractivity (Wildman–Crippen MR) is 51.9 cm³/mol. The Balaban J connectivity index is 2.73. The van der Waals surface area contributed by atoms with Gasteiger partial charge >= 0.3 is 0 Å². The zero-order valence-electron chi connectivity index (χ0n) is 8.75. The van der Waals surface area contributed by atoms with Gasteiger partial charge in [-0.15, -0.1) is 0 Å². The first kappa shape index (κ1) is 10.5. The van der Waals surface area contributed by atoms with Crippen LogP contribution in [0.3, 0.4) is 0 Å². The predicted octanol–water partition coefficient (Wildman–Crippen LogP) is 2.33. The number of hydrogen-bond donors (Lipinski definition) is 1. The van der Waals surface area contributed by atoms with Gasteiger partial charge in [-0.2, -0.15) is 5.26 Å². The Morgan fingerprint density at radius 1 is 1.31 bits per heavy atom. The molecule has 0 aliphatic heterocycles. The highest BCUT2D eigenvalue weighted by Gasteiger charge is 2.37. The number of rotatable bonds is 0. The molecule has 0 saturated heterocycles. The molecule has 0 heterocycles. The van der Waals surface area contributed by atoms with Crippen LogP contribution in [0.2, 0.25) is 0 Å². The summed E-state index contributed by atoms with van der Waals surface area (Å²) in [4.78, 5) is 0. The van der Waals surface area contributed by atoms with Crippen LogP contribution in [-0.4, -0.2) is 11.2 Å². The van der Waals surface area contributed by atoms with E-state index in [0.29, 0.717) is 5.92 Å². The highest BCUT2D eigenvalue weighted by atomic mass is 16.3. The van der Waals surface area contributed by atoms with Gasteiger partial charge in [-0.25, -0.2) is 0 Å². The summed E-state index contributed by atoms with van der Waals surface area (Å²) < 4.78 is 0. The van der Waals surface area contributed by atoms with E-state index in [2.05, 4.69) is 26.8 Å². The van der Waals surface area contributed by atoms with Crippen molar-refractivity contribution in [3.8, 4) is 6.07 Å². The van der Waals surface area contributed by atoms with Gasteiger partial charge in [-0.05, 0) is 30.6 Å². The van der Waals surface area contributed by atoms with Gasteiger partial charge in [-0.1, -0.05) is 20.8 Å². The maximum Gasteiger partial charge on any atom is 0.0658 e. The van der Waals surface area contributed by atoms with Gasteiger partial charge in [0.05, 0.1) is 12.2 Å². The summed E-state index contributed by atoms with van der Waals surface area (Å²) in [6, 6.07) is 2.37. The molecule has 13 heavy (non-hydrogen) atoms. The SMILES string of the molecule is CC(C)(C)C1CC(O)CCC1C#N. The quantitative estimate of drug-likeness (QED) is 0.623. The lowest BCUT2D eigenvalue weighted by molar-refractivity contribution is 0.0364. The van der Waals surface area contributed by atoms with Crippen LogP contribution in [-0.2, 0) is 0 Å². The minimum absolute atomic E-state index is 0.141. The summed E-state index contributed by atoms with van der Waals surface area (Å²) in [5.41, 5.74) is 0.141. The van der Waals surface area contributed by atoms with Crippen molar-refractivity contribution in [2.45, 2.75) is 46.1 Å². The molecule has 0 aromatic rings. The third-order valence-electron chi connectivity index (χ3n) is 3.10. The zero-order valence-corrected chi connectivity index (χ0v) is 8.75. The molecule has 0 radical (unpaired) electrons. The largest absolute Gasteiger partial charge is 0.393 e. The fraction of sp³-hybridized carbons (Fsp3) is 0.909. The molecule has 0 amide bonds. The monoisotopic (exact) mass is 181 g/mol. The highest BCUT2D eigenvalue weighted by Crippen LogP contribution is 2.41. The van der Waals surface area contributed by atoms with Crippen molar-refractivity contribution in [2.75, 3.05) is 0 Å². The minimum Gasteiger partial charge on any atom is -0.393 e. The van der Waals surface area contributed by atoms with E-state index in [-0.39, 0.29) is 17.4 Å². The molecule has 1 aliphatic carbocycles. The van der Waals surface area contributed by atoms with Gasteiger partial charge in [0, 0.05) is 5.92 Å². The molecule has 1 fully saturated rings. The summed E-state index contributed by atoms with van der Waals surface area (Å²) in [7, 11) is 0. The van der Waals surface area contributed by atoms with Gasteiger partial charge in [0.15, 0.2) is 0 Å². The first-order chi connectivity index (χ1) is 5.95. The molecular formula is C11H19NO. The van der Waals surface area contributed by atoms with E-state index in [1.165, 1.54) is 0 Å². The lowest BCUT2D eigenvalue weighted by atomic mass is 9.66. The van der Waals surface area contributed by atoms with Gasteiger partial charge in [0.1, 0.15) is 0 Å². The van der Waals surface area contributed by atoms with E-state index in [1.54, 1.807) is 0 Å². The number of hydrogen-bond acceptors (Lipinski definition) is 2. The first-order valence-electron chi connectivity index (χ1n) is 5.03. The van der Waals surface area contributed by atoms with Gasteiger partial charge < -0.3 is 5.11 Å². The fourth-order valence-electron chi connectivity index (χ4n) is 2.26. The van der Waals surface area contributed by atoms with Crippen LogP contribution in [0.25, 0.3) is 0 Å². The Morgan fingerprint density at radius 2 is 1.92 bits per heavy atom. The Morgan fingerprint density at radius 3 is 2.38 bits per heavy atom. The average Bonchev–Trinajstić information content (AvgIpc) is 2.03. The molecule has 1 N–H and O–H groups in total. The van der Waals surface area contributed by atoms with Gasteiger partial charge in [0.2, 0.25) is 0 Å². The van der Waals surface area contributed by atoms with Crippen LogP contribution in [0.15, 0.2) is 0 Å². The van der Waals surface area contributed by atoms with Crippen molar-refractivity contribution >= 4 is 0 Å². The lowest BCUT2D eigenvalue weighted by Crippen LogP contribution is -2.35. The molecule has 0 spiro atoms. The molecule has 0 aromatic heterocycles. The van der Waals surface area contributed by atoms with Crippen LogP contribution < -0.4 is 0 Å². The molecule has 0 aromatic carbocycles. The smallest absolute Gasteiger partial charge is 0.0658 e. The Bertz CT molecular complexity index is 211. The Labute approximate surface area is 80.6 Å². The number of aliphatic hydroxyl groups excluding tert-OH is 1. The average molecular weight is 181 g/mol. The second-order valence-electron chi connectivity index (χ2n) is 5.17. The fourth-order valence-corrected chi connectivity index (χ4v) is 2.26. The zero-order chi connectivity index (χ0) is 10.1. The molecule has 1 rings (SSSR count). The maximum absolute atomic E-state index is 9.55. The molecule has 2 nitrogen and oxygen atoms in total. The summed E-state index contributed by atoms with van der Waals surface area (Å²) in [5.74, 6) is 0.490. The maximum atomic E-state index is 9.55. The first-order valence-corrected chi connectivity index (χ1v) is 5.03. The highest BCUT2D eigenvalue weighted by molar-refractivity contribution is 4.96.